The fraction of sp³-hybridized carbons (Fsp3) is 0.0769. The summed E-state index contributed by atoms with van der Waals surface area (Å²) < 4.78 is 0.811. The summed E-state index contributed by atoms with van der Waals surface area (Å²) in [6.45, 7) is 0.372. The van der Waals surface area contributed by atoms with Gasteiger partial charge in [0.1, 0.15) is 0 Å². The lowest BCUT2D eigenvalue weighted by molar-refractivity contribution is -0.385. The standard InChI is InChI=1S/C13H10BrClN2O2/c14-10-1-6-13(17(18)19)9(7-10)8-16-12-4-2-11(15)3-5-12/h1-7,16H,8H2. The third-order valence-corrected chi connectivity index (χ3v) is 3.31. The number of nitrogens with one attached hydrogen (secondary N) is 1. The topological polar surface area (TPSA) is 55.2 Å². The number of hydrogen-bond donors (Lipinski definition) is 1. The molecule has 0 unspecified atom stereocenters. The van der Waals surface area contributed by atoms with Gasteiger partial charge in [-0.15, -0.1) is 0 Å². The van der Waals surface area contributed by atoms with Crippen LogP contribution < -0.4 is 5.32 Å². The zero-order valence-electron chi connectivity index (χ0n) is 9.77. The molecule has 0 atom stereocenters. The molecule has 4 nitrogen and oxygen atoms in total. The smallest absolute Gasteiger partial charge is 0.274 e. The number of halogens is 2. The molecule has 2 aromatic rings. The fourth-order valence-electron chi connectivity index (χ4n) is 1.64. The highest BCUT2D eigenvalue weighted by atomic mass is 79.9. The van der Waals surface area contributed by atoms with E-state index in [1.54, 1.807) is 24.3 Å². The molecule has 0 heterocycles. The molecule has 0 amide bonds. The van der Waals surface area contributed by atoms with E-state index in [0.29, 0.717) is 17.1 Å². The van der Waals surface area contributed by atoms with Gasteiger partial charge in [0.2, 0.25) is 0 Å². The predicted molar refractivity (Wildman–Crippen MR) is 79.6 cm³/mol. The average molecular weight is 342 g/mol. The predicted octanol–water partition coefficient (Wildman–Crippen LogP) is 4.62. The SMILES string of the molecule is O=[N+]([O-])c1ccc(Br)cc1CNc1ccc(Cl)cc1. The maximum Gasteiger partial charge on any atom is 0.274 e. The summed E-state index contributed by atoms with van der Waals surface area (Å²) in [5, 5.41) is 14.7. The first-order valence-corrected chi connectivity index (χ1v) is 6.65. The Labute approximate surface area is 123 Å². The van der Waals surface area contributed by atoms with E-state index in [2.05, 4.69) is 21.2 Å². The Balaban J connectivity index is 2.16. The van der Waals surface area contributed by atoms with E-state index >= 15 is 0 Å². The lowest BCUT2D eigenvalue weighted by Gasteiger charge is -2.07. The average Bonchev–Trinajstić information content (AvgIpc) is 2.38. The Morgan fingerprint density at radius 3 is 2.53 bits per heavy atom. The Hall–Kier alpha value is -1.59. The Kier molecular flexibility index (Phi) is 4.39. The van der Waals surface area contributed by atoms with Crippen molar-refractivity contribution in [3.63, 3.8) is 0 Å². The van der Waals surface area contributed by atoms with E-state index in [4.69, 9.17) is 11.6 Å². The van der Waals surface area contributed by atoms with E-state index in [1.807, 2.05) is 12.1 Å². The van der Waals surface area contributed by atoms with Crippen molar-refractivity contribution in [1.82, 2.24) is 0 Å². The summed E-state index contributed by atoms with van der Waals surface area (Å²) in [4.78, 5) is 10.6. The van der Waals surface area contributed by atoms with E-state index < -0.39 is 0 Å². The number of nitro groups is 1. The van der Waals surface area contributed by atoms with Crippen molar-refractivity contribution >= 4 is 38.9 Å². The molecule has 0 saturated heterocycles. The van der Waals surface area contributed by atoms with Crippen LogP contribution in [0.4, 0.5) is 11.4 Å². The Morgan fingerprint density at radius 2 is 1.89 bits per heavy atom. The summed E-state index contributed by atoms with van der Waals surface area (Å²) in [5.41, 5.74) is 1.58. The molecule has 0 aliphatic carbocycles. The van der Waals surface area contributed by atoms with Gasteiger partial charge in [-0.3, -0.25) is 10.1 Å². The van der Waals surface area contributed by atoms with Crippen molar-refractivity contribution in [2.24, 2.45) is 0 Å². The van der Waals surface area contributed by atoms with Gasteiger partial charge in [-0.05, 0) is 36.4 Å². The van der Waals surface area contributed by atoms with Crippen LogP contribution >= 0.6 is 27.5 Å². The minimum absolute atomic E-state index is 0.102. The van der Waals surface area contributed by atoms with E-state index in [1.165, 1.54) is 6.07 Å². The monoisotopic (exact) mass is 340 g/mol. The number of hydrogen-bond acceptors (Lipinski definition) is 3. The summed E-state index contributed by atoms with van der Waals surface area (Å²) in [6.07, 6.45) is 0. The minimum atomic E-state index is -0.384. The van der Waals surface area contributed by atoms with Crippen LogP contribution in [0.2, 0.25) is 5.02 Å². The molecule has 0 saturated carbocycles. The summed E-state index contributed by atoms with van der Waals surface area (Å²) in [5.74, 6) is 0. The van der Waals surface area contributed by atoms with Crippen LogP contribution in [0.15, 0.2) is 46.9 Å². The van der Waals surface area contributed by atoms with Crippen molar-refractivity contribution in [3.05, 3.63) is 67.6 Å². The number of anilines is 1. The lowest BCUT2D eigenvalue weighted by atomic mass is 10.2. The third kappa shape index (κ3) is 3.68. The Morgan fingerprint density at radius 1 is 1.21 bits per heavy atom. The molecule has 0 radical (unpaired) electrons. The first-order valence-electron chi connectivity index (χ1n) is 5.48. The van der Waals surface area contributed by atoms with Gasteiger partial charge in [0.15, 0.2) is 0 Å². The normalized spacial score (nSPS) is 10.2. The number of rotatable bonds is 4. The van der Waals surface area contributed by atoms with Crippen molar-refractivity contribution < 1.29 is 4.92 Å². The molecule has 0 fully saturated rings. The maximum absolute atomic E-state index is 10.9. The van der Waals surface area contributed by atoms with E-state index in [0.717, 1.165) is 10.2 Å². The summed E-state index contributed by atoms with van der Waals surface area (Å²) in [6, 6.07) is 12.1. The van der Waals surface area contributed by atoms with Gasteiger partial charge in [-0.25, -0.2) is 0 Å². The van der Waals surface area contributed by atoms with Gasteiger partial charge in [0, 0.05) is 33.4 Å². The minimum Gasteiger partial charge on any atom is -0.381 e. The van der Waals surface area contributed by atoms with Gasteiger partial charge in [0.05, 0.1) is 4.92 Å². The molecule has 0 bridgehead atoms. The molecule has 2 rings (SSSR count). The van der Waals surface area contributed by atoms with Gasteiger partial charge >= 0.3 is 0 Å². The fourth-order valence-corrected chi connectivity index (χ4v) is 2.17. The highest BCUT2D eigenvalue weighted by Gasteiger charge is 2.13. The van der Waals surface area contributed by atoms with Gasteiger partial charge < -0.3 is 5.32 Å². The summed E-state index contributed by atoms with van der Waals surface area (Å²) >= 11 is 9.11. The molecule has 0 aliphatic heterocycles. The first-order chi connectivity index (χ1) is 9.06. The first kappa shape index (κ1) is 13.8. The molecule has 98 valence electrons. The van der Waals surface area contributed by atoms with Gasteiger partial charge in [-0.2, -0.15) is 0 Å². The highest BCUT2D eigenvalue weighted by molar-refractivity contribution is 9.10. The number of benzene rings is 2. The van der Waals surface area contributed by atoms with Crippen LogP contribution in [0, 0.1) is 10.1 Å². The van der Waals surface area contributed by atoms with Crippen molar-refractivity contribution in [1.29, 1.82) is 0 Å². The molecule has 19 heavy (non-hydrogen) atoms. The third-order valence-electron chi connectivity index (χ3n) is 2.57. The molecular formula is C13H10BrClN2O2. The number of nitro benzene ring substituents is 1. The molecule has 2 aromatic carbocycles. The second kappa shape index (κ2) is 6.04. The zero-order chi connectivity index (χ0) is 13.8. The van der Waals surface area contributed by atoms with Crippen LogP contribution in [-0.4, -0.2) is 4.92 Å². The van der Waals surface area contributed by atoms with Crippen LogP contribution in [0.25, 0.3) is 0 Å². The van der Waals surface area contributed by atoms with Crippen LogP contribution in [0.1, 0.15) is 5.56 Å². The van der Waals surface area contributed by atoms with Crippen LogP contribution in [0.5, 0.6) is 0 Å². The van der Waals surface area contributed by atoms with Crippen molar-refractivity contribution in [2.45, 2.75) is 6.54 Å². The van der Waals surface area contributed by atoms with Crippen molar-refractivity contribution in [3.8, 4) is 0 Å². The second-order valence-corrected chi connectivity index (χ2v) is 5.24. The molecular weight excluding hydrogens is 332 g/mol. The molecule has 6 heteroatoms. The van der Waals surface area contributed by atoms with Crippen LogP contribution in [-0.2, 0) is 6.54 Å². The van der Waals surface area contributed by atoms with Crippen molar-refractivity contribution in [2.75, 3.05) is 5.32 Å². The quantitative estimate of drug-likeness (QED) is 0.652. The summed E-state index contributed by atoms with van der Waals surface area (Å²) in [7, 11) is 0. The van der Waals surface area contributed by atoms with Gasteiger partial charge in [-0.1, -0.05) is 27.5 Å². The van der Waals surface area contributed by atoms with Gasteiger partial charge in [0.25, 0.3) is 5.69 Å². The zero-order valence-corrected chi connectivity index (χ0v) is 12.1. The lowest BCUT2D eigenvalue weighted by Crippen LogP contribution is -2.03. The van der Waals surface area contributed by atoms with E-state index in [-0.39, 0.29) is 10.6 Å². The molecule has 0 spiro atoms. The highest BCUT2D eigenvalue weighted by Crippen LogP contribution is 2.24. The second-order valence-electron chi connectivity index (χ2n) is 3.89. The number of nitrogens with zero attached hydrogens (tertiary/aromatic N) is 1. The Bertz CT molecular complexity index is 602. The maximum atomic E-state index is 10.9. The molecule has 0 aliphatic rings. The molecule has 0 aromatic heterocycles. The van der Waals surface area contributed by atoms with E-state index in [9.17, 15) is 10.1 Å². The largest absolute Gasteiger partial charge is 0.381 e. The molecule has 1 N–H and O–H groups in total. The van der Waals surface area contributed by atoms with Crippen LogP contribution in [0.3, 0.4) is 0 Å².